The van der Waals surface area contributed by atoms with Crippen LogP contribution in [0.25, 0.3) is 0 Å². The maximum absolute atomic E-state index is 10.2. The van der Waals surface area contributed by atoms with Gasteiger partial charge in [-0.2, -0.15) is 20.2 Å². The Kier molecular flexibility index (Phi) is 13.3. The highest BCUT2D eigenvalue weighted by Crippen LogP contribution is 2.54. The number of amidine groups is 1. The van der Waals surface area contributed by atoms with E-state index in [0.717, 1.165) is 18.2 Å². The summed E-state index contributed by atoms with van der Waals surface area (Å²) < 4.78 is 0. The van der Waals surface area contributed by atoms with Gasteiger partial charge in [0.1, 0.15) is 11.4 Å². The first-order valence-electron chi connectivity index (χ1n) is 18.3. The SMILES string of the molecule is CC(C)(C)CN(O)CC(C)(C)C.CC1(C)C(N)=NC(=N)N1O.CC1(C)C2CCCCC2C(C)(C)N1O.CC1(C)c2ccccc2C(C)(C)N1O. The van der Waals surface area contributed by atoms with Gasteiger partial charge in [-0.05, 0) is 116 Å². The molecule has 5 rings (SSSR count). The van der Waals surface area contributed by atoms with E-state index in [9.17, 15) is 15.6 Å². The van der Waals surface area contributed by atoms with E-state index in [0.29, 0.717) is 11.8 Å². The third-order valence-electron chi connectivity index (χ3n) is 10.9. The number of guanidine groups is 1. The molecule has 2 atom stereocenters. The number of hydrogen-bond acceptors (Lipinski definition) is 9. The van der Waals surface area contributed by atoms with Crippen LogP contribution in [0, 0.1) is 28.1 Å². The zero-order valence-corrected chi connectivity index (χ0v) is 34.3. The molecule has 1 saturated carbocycles. The number of hydrogen-bond donors (Lipinski definition) is 6. The summed E-state index contributed by atoms with van der Waals surface area (Å²) in [7, 11) is 0. The fourth-order valence-electron chi connectivity index (χ4n) is 8.18. The van der Waals surface area contributed by atoms with Gasteiger partial charge in [0.2, 0.25) is 5.96 Å². The van der Waals surface area contributed by atoms with E-state index in [2.05, 4.69) is 86.4 Å². The number of fused-ring (bicyclic) bond motifs is 2. The molecule has 1 aliphatic carbocycles. The molecule has 0 spiro atoms. The summed E-state index contributed by atoms with van der Waals surface area (Å²) in [5, 5.41) is 51.3. The van der Waals surface area contributed by atoms with Crippen LogP contribution in [-0.2, 0) is 11.1 Å². The summed E-state index contributed by atoms with van der Waals surface area (Å²) in [5.74, 6) is 1.41. The molecule has 0 aromatic heterocycles. The van der Waals surface area contributed by atoms with E-state index in [1.165, 1.54) is 46.9 Å². The third-order valence-corrected chi connectivity index (χ3v) is 10.9. The molecule has 1 saturated heterocycles. The van der Waals surface area contributed by atoms with Gasteiger partial charge in [-0.15, -0.1) is 0 Å². The zero-order valence-electron chi connectivity index (χ0n) is 34.3. The summed E-state index contributed by atoms with van der Waals surface area (Å²) in [6.45, 7) is 34.5. The first kappa shape index (κ1) is 44.0. The zero-order chi connectivity index (χ0) is 39.1. The molecule has 4 aliphatic rings. The molecule has 1 aromatic rings. The first-order chi connectivity index (χ1) is 22.3. The molecule has 0 bridgehead atoms. The molecule has 2 unspecified atom stereocenters. The minimum atomic E-state index is -0.725. The van der Waals surface area contributed by atoms with Crippen molar-refractivity contribution < 1.29 is 20.8 Å². The van der Waals surface area contributed by atoms with Crippen LogP contribution in [-0.4, -0.2) is 82.6 Å². The van der Waals surface area contributed by atoms with Gasteiger partial charge in [0.15, 0.2) is 0 Å². The van der Waals surface area contributed by atoms with E-state index in [1.54, 1.807) is 18.9 Å². The second kappa shape index (κ2) is 15.1. The minimum absolute atomic E-state index is 0.0331. The molecule has 3 aliphatic heterocycles. The largest absolute Gasteiger partial charge is 0.385 e. The molecule has 288 valence electrons. The maximum Gasteiger partial charge on any atom is 0.244 e. The number of nitrogens with zero attached hydrogens (tertiary/aromatic N) is 5. The Morgan fingerprint density at radius 1 is 0.720 bits per heavy atom. The Bertz CT molecular complexity index is 1270. The summed E-state index contributed by atoms with van der Waals surface area (Å²) >= 11 is 0. The van der Waals surface area contributed by atoms with Crippen molar-refractivity contribution in [2.75, 3.05) is 13.1 Å². The van der Waals surface area contributed by atoms with Crippen LogP contribution >= 0.6 is 0 Å². The van der Waals surface area contributed by atoms with Gasteiger partial charge < -0.3 is 21.4 Å². The van der Waals surface area contributed by atoms with Crippen LogP contribution in [0.15, 0.2) is 29.3 Å². The molecule has 0 radical (unpaired) electrons. The van der Waals surface area contributed by atoms with Crippen molar-refractivity contribution in [1.82, 2.24) is 20.3 Å². The highest BCUT2D eigenvalue weighted by molar-refractivity contribution is 6.05. The number of nitrogens with two attached hydrogens (primary N) is 1. The number of hydroxylamine groups is 8. The average molecular weight is 704 g/mol. The van der Waals surface area contributed by atoms with E-state index >= 15 is 0 Å². The van der Waals surface area contributed by atoms with Crippen LogP contribution in [0.4, 0.5) is 0 Å². The maximum atomic E-state index is 10.2. The molecule has 11 heteroatoms. The normalized spacial score (nSPS) is 26.1. The van der Waals surface area contributed by atoms with Crippen LogP contribution in [0.3, 0.4) is 0 Å². The summed E-state index contributed by atoms with van der Waals surface area (Å²) in [6, 6.07) is 8.23. The molecule has 2 fully saturated rings. The van der Waals surface area contributed by atoms with Crippen molar-refractivity contribution in [3.63, 3.8) is 0 Å². The molecular weight excluding hydrogens is 630 g/mol. The van der Waals surface area contributed by atoms with Gasteiger partial charge in [0.05, 0.1) is 11.1 Å². The highest BCUT2D eigenvalue weighted by atomic mass is 16.5. The van der Waals surface area contributed by atoms with Gasteiger partial charge in [0, 0.05) is 24.2 Å². The standard InChI is InChI=1S/C12H23NO.C12H17NO.C10H23NO.C5H10N4O/c2*1-11(2)9-7-5-6-8-10(9)12(3,4)13(11)14;1-9(2,3)7-11(12)8-10(4,5)6;1-5(2)3(6)8-4(7)9(5)10/h9-10,14H,5-8H2,1-4H3;5-8,14H,1-4H3;12H,7-8H2,1-6H3;10H,1-2H3,(H3,6,7,8). The van der Waals surface area contributed by atoms with Crippen LogP contribution in [0.5, 0.6) is 0 Å². The van der Waals surface area contributed by atoms with E-state index < -0.39 is 5.54 Å². The summed E-state index contributed by atoms with van der Waals surface area (Å²) in [6.07, 6.45) is 5.26. The Hall–Kier alpha value is -2.12. The van der Waals surface area contributed by atoms with Gasteiger partial charge in [-0.1, -0.05) is 78.6 Å². The van der Waals surface area contributed by atoms with Crippen LogP contribution in [0.1, 0.15) is 148 Å². The van der Waals surface area contributed by atoms with Crippen LogP contribution in [0.2, 0.25) is 0 Å². The Morgan fingerprint density at radius 2 is 1.08 bits per heavy atom. The number of aliphatic imine (C=N–C) groups is 1. The quantitative estimate of drug-likeness (QED) is 0.166. The van der Waals surface area contributed by atoms with Crippen molar-refractivity contribution >= 4 is 11.8 Å². The first-order valence-corrected chi connectivity index (χ1v) is 18.3. The fraction of sp³-hybridized carbons (Fsp3) is 0.795. The topological polar surface area (TPSA) is 156 Å². The van der Waals surface area contributed by atoms with Crippen molar-refractivity contribution in [2.24, 2.45) is 33.4 Å². The van der Waals surface area contributed by atoms with E-state index in [-0.39, 0.29) is 44.8 Å². The monoisotopic (exact) mass is 704 g/mol. The van der Waals surface area contributed by atoms with Gasteiger partial charge in [-0.25, -0.2) is 5.06 Å². The predicted molar refractivity (Wildman–Crippen MR) is 203 cm³/mol. The summed E-state index contributed by atoms with van der Waals surface area (Å²) in [4.78, 5) is 3.58. The lowest BCUT2D eigenvalue weighted by Crippen LogP contribution is -2.47. The lowest BCUT2D eigenvalue weighted by molar-refractivity contribution is -0.216. The molecule has 1 aromatic carbocycles. The fourth-order valence-corrected chi connectivity index (χ4v) is 8.18. The second-order valence-corrected chi connectivity index (χ2v) is 19.7. The number of rotatable bonds is 2. The average Bonchev–Trinajstić information content (AvgIpc) is 3.30. The number of nitrogens with one attached hydrogen (secondary N) is 1. The number of benzene rings is 1. The molecule has 3 heterocycles. The van der Waals surface area contributed by atoms with Crippen LogP contribution < -0.4 is 5.73 Å². The smallest absolute Gasteiger partial charge is 0.244 e. The predicted octanol–water partition coefficient (Wildman–Crippen LogP) is 8.45. The van der Waals surface area contributed by atoms with Gasteiger partial charge in [0.25, 0.3) is 0 Å². The Labute approximate surface area is 303 Å². The van der Waals surface area contributed by atoms with Crippen molar-refractivity contribution in [1.29, 1.82) is 5.41 Å². The lowest BCUT2D eigenvalue weighted by Gasteiger charge is -2.36. The minimum Gasteiger partial charge on any atom is -0.385 e. The van der Waals surface area contributed by atoms with E-state index in [1.807, 2.05) is 39.8 Å². The van der Waals surface area contributed by atoms with E-state index in [4.69, 9.17) is 16.4 Å². The van der Waals surface area contributed by atoms with Crippen molar-refractivity contribution in [2.45, 2.75) is 164 Å². The molecular formula is C39H73N7O4. The Morgan fingerprint density at radius 3 is 1.34 bits per heavy atom. The Balaban J connectivity index is 0.000000233. The molecule has 7 N–H and O–H groups in total. The molecule has 50 heavy (non-hydrogen) atoms. The highest BCUT2D eigenvalue weighted by Gasteiger charge is 2.58. The van der Waals surface area contributed by atoms with Crippen molar-refractivity contribution in [3.8, 4) is 0 Å². The van der Waals surface area contributed by atoms with Gasteiger partial charge >= 0.3 is 0 Å². The third kappa shape index (κ3) is 9.65. The summed E-state index contributed by atoms with van der Waals surface area (Å²) in [5.41, 5.74) is 6.79. The molecule has 0 amide bonds. The van der Waals surface area contributed by atoms with Crippen molar-refractivity contribution in [3.05, 3.63) is 35.4 Å². The lowest BCUT2D eigenvalue weighted by atomic mass is 9.69. The van der Waals surface area contributed by atoms with Gasteiger partial charge in [-0.3, -0.25) is 10.6 Å². The second-order valence-electron chi connectivity index (χ2n) is 19.7. The molecule has 11 nitrogen and oxygen atoms in total.